The van der Waals surface area contributed by atoms with E-state index in [9.17, 15) is 4.79 Å². The average Bonchev–Trinajstić information content (AvgIpc) is 3.04. The molecule has 0 fully saturated rings. The molecule has 124 valence electrons. The van der Waals surface area contributed by atoms with Crippen molar-refractivity contribution in [1.82, 2.24) is 19.7 Å². The Morgan fingerprint density at radius 1 is 1.38 bits per heavy atom. The summed E-state index contributed by atoms with van der Waals surface area (Å²) in [7, 11) is 0. The number of rotatable bonds is 5. The zero-order valence-corrected chi connectivity index (χ0v) is 13.7. The Labute approximate surface area is 141 Å². The number of allylic oxidation sites excluding steroid dienone is 1. The van der Waals surface area contributed by atoms with Crippen molar-refractivity contribution in [2.75, 3.05) is 13.2 Å². The molecule has 3 heterocycles. The van der Waals surface area contributed by atoms with Crippen LogP contribution in [0.4, 0.5) is 0 Å². The third kappa shape index (κ3) is 3.37. The highest BCUT2D eigenvalue weighted by Crippen LogP contribution is 2.20. The molecular weight excluding hydrogens is 304 g/mol. The predicted molar refractivity (Wildman–Crippen MR) is 90.7 cm³/mol. The molecule has 2 aromatic rings. The predicted octanol–water partition coefficient (Wildman–Crippen LogP) is 2.45. The number of pyridine rings is 1. The standard InChI is InChI=1S/C18H20N4O2/c1-3-14(4-2)13-24-17-11-16-12-21(9-10-22(16)20-17)18(23)15-5-7-19-8-6-15/h3-8,11H,1,9-10,12-13H2,2H3/b14-4+. The summed E-state index contributed by atoms with van der Waals surface area (Å²) >= 11 is 0. The molecule has 0 N–H and O–H groups in total. The van der Waals surface area contributed by atoms with Crippen LogP contribution in [0.1, 0.15) is 23.0 Å². The number of carbonyl (C=O) groups is 1. The van der Waals surface area contributed by atoms with Gasteiger partial charge in [0.25, 0.3) is 5.91 Å². The molecule has 0 atom stereocenters. The molecule has 0 spiro atoms. The molecule has 1 amide bonds. The lowest BCUT2D eigenvalue weighted by molar-refractivity contribution is 0.0706. The SMILES string of the molecule is C=C/C(=C\C)COc1cc2n(n1)CCN(C(=O)c1ccncc1)C2. The highest BCUT2D eigenvalue weighted by atomic mass is 16.5. The van der Waals surface area contributed by atoms with Gasteiger partial charge in [-0.05, 0) is 24.6 Å². The number of nitrogens with zero attached hydrogens (tertiary/aromatic N) is 4. The van der Waals surface area contributed by atoms with Crippen LogP contribution < -0.4 is 4.74 Å². The summed E-state index contributed by atoms with van der Waals surface area (Å²) in [5, 5.41) is 4.44. The first kappa shape index (κ1) is 16.0. The fraction of sp³-hybridized carbons (Fsp3) is 0.278. The third-order valence-corrected chi connectivity index (χ3v) is 4.01. The van der Waals surface area contributed by atoms with Gasteiger partial charge in [0.2, 0.25) is 5.88 Å². The maximum Gasteiger partial charge on any atom is 0.254 e. The fourth-order valence-electron chi connectivity index (χ4n) is 2.58. The van der Waals surface area contributed by atoms with Crippen LogP contribution in [0, 0.1) is 0 Å². The van der Waals surface area contributed by atoms with Crippen LogP contribution in [0.2, 0.25) is 0 Å². The van der Waals surface area contributed by atoms with Crippen molar-refractivity contribution in [2.24, 2.45) is 0 Å². The second-order valence-electron chi connectivity index (χ2n) is 5.52. The maximum atomic E-state index is 12.5. The molecule has 0 saturated carbocycles. The lowest BCUT2D eigenvalue weighted by Gasteiger charge is -2.27. The largest absolute Gasteiger partial charge is 0.472 e. The van der Waals surface area contributed by atoms with Gasteiger partial charge in [-0.3, -0.25) is 14.5 Å². The molecule has 0 unspecified atom stereocenters. The molecule has 6 heteroatoms. The molecule has 0 bridgehead atoms. The van der Waals surface area contributed by atoms with E-state index in [0.29, 0.717) is 37.7 Å². The molecular formula is C18H20N4O2. The molecule has 6 nitrogen and oxygen atoms in total. The highest BCUT2D eigenvalue weighted by Gasteiger charge is 2.23. The summed E-state index contributed by atoms with van der Waals surface area (Å²) < 4.78 is 7.60. The Morgan fingerprint density at radius 2 is 2.17 bits per heavy atom. The van der Waals surface area contributed by atoms with Crippen molar-refractivity contribution >= 4 is 5.91 Å². The van der Waals surface area contributed by atoms with Crippen LogP contribution in [-0.2, 0) is 13.1 Å². The van der Waals surface area contributed by atoms with E-state index in [4.69, 9.17) is 4.74 Å². The van der Waals surface area contributed by atoms with Gasteiger partial charge in [0.1, 0.15) is 6.61 Å². The van der Waals surface area contributed by atoms with Gasteiger partial charge in [-0.2, -0.15) is 0 Å². The monoisotopic (exact) mass is 324 g/mol. The summed E-state index contributed by atoms with van der Waals surface area (Å²) in [6.45, 7) is 7.94. The van der Waals surface area contributed by atoms with Crippen molar-refractivity contribution in [3.63, 3.8) is 0 Å². The van der Waals surface area contributed by atoms with Crippen molar-refractivity contribution in [1.29, 1.82) is 0 Å². The molecule has 3 rings (SSSR count). The molecule has 0 aromatic carbocycles. The molecule has 2 aromatic heterocycles. The van der Waals surface area contributed by atoms with Crippen molar-refractivity contribution in [3.05, 3.63) is 66.2 Å². The van der Waals surface area contributed by atoms with E-state index in [-0.39, 0.29) is 5.91 Å². The molecule has 0 aliphatic carbocycles. The van der Waals surface area contributed by atoms with Crippen LogP contribution in [0.25, 0.3) is 0 Å². The average molecular weight is 324 g/mol. The number of aromatic nitrogens is 3. The molecule has 0 saturated heterocycles. The second-order valence-corrected chi connectivity index (χ2v) is 5.52. The number of amides is 1. The van der Waals surface area contributed by atoms with Gasteiger partial charge in [-0.1, -0.05) is 18.7 Å². The van der Waals surface area contributed by atoms with E-state index in [1.165, 1.54) is 0 Å². The molecule has 0 radical (unpaired) electrons. The summed E-state index contributed by atoms with van der Waals surface area (Å²) in [6.07, 6.45) is 6.99. The number of ether oxygens (including phenoxy) is 1. The van der Waals surface area contributed by atoms with E-state index in [0.717, 1.165) is 11.3 Å². The molecule has 24 heavy (non-hydrogen) atoms. The van der Waals surface area contributed by atoms with Gasteiger partial charge in [-0.15, -0.1) is 5.10 Å². The third-order valence-electron chi connectivity index (χ3n) is 4.01. The van der Waals surface area contributed by atoms with E-state index >= 15 is 0 Å². The van der Waals surface area contributed by atoms with E-state index in [1.54, 1.807) is 30.6 Å². The Bertz CT molecular complexity index is 765. The van der Waals surface area contributed by atoms with Crippen molar-refractivity contribution < 1.29 is 9.53 Å². The summed E-state index contributed by atoms with van der Waals surface area (Å²) in [5.41, 5.74) is 2.63. The van der Waals surface area contributed by atoms with Crippen LogP contribution in [-0.4, -0.2) is 38.7 Å². The minimum Gasteiger partial charge on any atom is -0.472 e. The second kappa shape index (κ2) is 7.12. The minimum atomic E-state index is 0.00942. The Kier molecular flexibility index (Phi) is 4.74. The summed E-state index contributed by atoms with van der Waals surface area (Å²) in [6, 6.07) is 5.36. The van der Waals surface area contributed by atoms with E-state index < -0.39 is 0 Å². The van der Waals surface area contributed by atoms with Gasteiger partial charge in [0.15, 0.2) is 0 Å². The normalized spacial score (nSPS) is 14.2. The van der Waals surface area contributed by atoms with Crippen molar-refractivity contribution in [3.8, 4) is 5.88 Å². The lowest BCUT2D eigenvalue weighted by atomic mass is 10.2. The van der Waals surface area contributed by atoms with Gasteiger partial charge in [0.05, 0.1) is 18.8 Å². The Morgan fingerprint density at radius 3 is 2.88 bits per heavy atom. The quantitative estimate of drug-likeness (QED) is 0.793. The van der Waals surface area contributed by atoms with Crippen LogP contribution >= 0.6 is 0 Å². The first-order valence-corrected chi connectivity index (χ1v) is 7.87. The lowest BCUT2D eigenvalue weighted by Crippen LogP contribution is -2.38. The first-order chi connectivity index (χ1) is 11.7. The van der Waals surface area contributed by atoms with E-state index in [1.807, 2.05) is 28.6 Å². The number of fused-ring (bicyclic) bond motifs is 1. The zero-order chi connectivity index (χ0) is 16.9. The molecule has 1 aliphatic heterocycles. The van der Waals surface area contributed by atoms with Crippen LogP contribution in [0.5, 0.6) is 5.88 Å². The zero-order valence-electron chi connectivity index (χ0n) is 13.7. The minimum absolute atomic E-state index is 0.00942. The van der Waals surface area contributed by atoms with Gasteiger partial charge < -0.3 is 9.64 Å². The van der Waals surface area contributed by atoms with E-state index in [2.05, 4.69) is 16.7 Å². The Balaban J connectivity index is 1.68. The van der Waals surface area contributed by atoms with Crippen LogP contribution in [0.3, 0.4) is 0 Å². The number of hydrogen-bond acceptors (Lipinski definition) is 4. The maximum absolute atomic E-state index is 12.5. The van der Waals surface area contributed by atoms with Gasteiger partial charge in [-0.25, -0.2) is 0 Å². The summed E-state index contributed by atoms with van der Waals surface area (Å²) in [5.74, 6) is 0.583. The van der Waals surface area contributed by atoms with Gasteiger partial charge >= 0.3 is 0 Å². The topological polar surface area (TPSA) is 60.2 Å². The first-order valence-electron chi connectivity index (χ1n) is 7.87. The smallest absolute Gasteiger partial charge is 0.254 e. The van der Waals surface area contributed by atoms with Crippen LogP contribution in [0.15, 0.2) is 54.9 Å². The fourth-order valence-corrected chi connectivity index (χ4v) is 2.58. The van der Waals surface area contributed by atoms with Gasteiger partial charge in [0, 0.05) is 30.6 Å². The number of hydrogen-bond donors (Lipinski definition) is 0. The van der Waals surface area contributed by atoms with Crippen molar-refractivity contribution in [2.45, 2.75) is 20.0 Å². The molecule has 1 aliphatic rings. The number of carbonyl (C=O) groups excluding carboxylic acids is 1. The summed E-state index contributed by atoms with van der Waals surface area (Å²) in [4.78, 5) is 18.3. The highest BCUT2D eigenvalue weighted by molar-refractivity contribution is 5.94. The Hall–Kier alpha value is -2.89.